The van der Waals surface area contributed by atoms with Gasteiger partial charge in [-0.3, -0.25) is 4.98 Å². The van der Waals surface area contributed by atoms with Gasteiger partial charge in [0.1, 0.15) is 0 Å². The van der Waals surface area contributed by atoms with Crippen molar-refractivity contribution in [1.82, 2.24) is 20.2 Å². The number of halogens is 1. The Morgan fingerprint density at radius 1 is 1.07 bits per heavy atom. The number of thiocarbonyl (C=S) groups is 1. The van der Waals surface area contributed by atoms with E-state index in [0.29, 0.717) is 0 Å². The first-order chi connectivity index (χ1) is 13.1. The molecule has 3 aromatic rings. The van der Waals surface area contributed by atoms with Crippen LogP contribution in [0, 0.1) is 17.4 Å². The van der Waals surface area contributed by atoms with Gasteiger partial charge in [0.15, 0.2) is 5.11 Å². The normalized spacial score (nSPS) is 19.4. The second kappa shape index (κ2) is 7.59. The molecule has 0 bridgehead atoms. The van der Waals surface area contributed by atoms with E-state index in [1.54, 1.807) is 0 Å². The van der Waals surface area contributed by atoms with Crippen LogP contribution in [0.2, 0.25) is 0 Å². The van der Waals surface area contributed by atoms with E-state index in [2.05, 4.69) is 87.0 Å². The van der Waals surface area contributed by atoms with Crippen molar-refractivity contribution in [3.8, 4) is 0 Å². The van der Waals surface area contributed by atoms with Crippen LogP contribution in [-0.4, -0.2) is 20.0 Å². The van der Waals surface area contributed by atoms with Gasteiger partial charge in [0.25, 0.3) is 0 Å². The van der Waals surface area contributed by atoms with E-state index in [4.69, 9.17) is 12.2 Å². The molecule has 4 rings (SSSR count). The maximum atomic E-state index is 5.76. The average Bonchev–Trinajstić information content (AvgIpc) is 3.12. The summed E-state index contributed by atoms with van der Waals surface area (Å²) in [4.78, 5) is 10.4. The predicted molar refractivity (Wildman–Crippen MR) is 120 cm³/mol. The highest BCUT2D eigenvalue weighted by Crippen LogP contribution is 2.43. The standard InChI is InChI=1S/C21H21IN4S/c1-13-17(18(22)14(2)24-13)20-19(16-10-6-7-11-23-16)25-21(27)26(20)12-15-8-4-3-5-9-15/h3-11,19-20,24H,12H2,1-2H3,(H,25,27)/t19-,20+/m1/s1. The molecule has 0 radical (unpaired) electrons. The van der Waals surface area contributed by atoms with Crippen LogP contribution >= 0.6 is 34.8 Å². The second-order valence-electron chi connectivity index (χ2n) is 6.84. The van der Waals surface area contributed by atoms with Crippen LogP contribution in [0.4, 0.5) is 0 Å². The highest BCUT2D eigenvalue weighted by atomic mass is 127. The SMILES string of the molecule is Cc1[nH]c(C)c([C@H]2[C@@H](c3ccccn3)NC(=S)N2Cc2ccccc2)c1I. The molecule has 1 fully saturated rings. The van der Waals surface area contributed by atoms with Crippen molar-refractivity contribution in [2.75, 3.05) is 0 Å². The third kappa shape index (κ3) is 3.48. The molecular formula is C21H21IN4S. The topological polar surface area (TPSA) is 44.0 Å². The molecule has 0 spiro atoms. The zero-order valence-electron chi connectivity index (χ0n) is 15.2. The number of pyridine rings is 1. The van der Waals surface area contributed by atoms with Crippen LogP contribution in [0.3, 0.4) is 0 Å². The van der Waals surface area contributed by atoms with Crippen LogP contribution in [-0.2, 0) is 6.54 Å². The van der Waals surface area contributed by atoms with Crippen LogP contribution in [0.5, 0.6) is 0 Å². The van der Waals surface area contributed by atoms with Gasteiger partial charge in [0, 0.05) is 33.3 Å². The molecule has 0 amide bonds. The molecule has 2 N–H and O–H groups in total. The molecular weight excluding hydrogens is 467 g/mol. The van der Waals surface area contributed by atoms with Gasteiger partial charge >= 0.3 is 0 Å². The predicted octanol–water partition coefficient (Wildman–Crippen LogP) is 4.80. The lowest BCUT2D eigenvalue weighted by molar-refractivity contribution is 0.309. The van der Waals surface area contributed by atoms with Gasteiger partial charge in [-0.1, -0.05) is 36.4 Å². The highest BCUT2D eigenvalue weighted by Gasteiger charge is 2.42. The maximum absolute atomic E-state index is 5.76. The van der Waals surface area contributed by atoms with Gasteiger partial charge in [0.2, 0.25) is 0 Å². The first kappa shape index (κ1) is 18.4. The van der Waals surface area contributed by atoms with E-state index < -0.39 is 0 Å². The van der Waals surface area contributed by atoms with Crippen molar-refractivity contribution in [1.29, 1.82) is 0 Å². The smallest absolute Gasteiger partial charge is 0.170 e. The zero-order chi connectivity index (χ0) is 19.0. The molecule has 2 aromatic heterocycles. The van der Waals surface area contributed by atoms with Crippen LogP contribution < -0.4 is 5.32 Å². The summed E-state index contributed by atoms with van der Waals surface area (Å²) in [6.45, 7) is 5.03. The monoisotopic (exact) mass is 488 g/mol. The third-order valence-corrected chi connectivity index (χ3v) is 6.78. The molecule has 4 nitrogen and oxygen atoms in total. The summed E-state index contributed by atoms with van der Waals surface area (Å²) in [6, 6.07) is 16.6. The minimum absolute atomic E-state index is 0.0184. The molecule has 1 aliphatic rings. The first-order valence-corrected chi connectivity index (χ1v) is 10.4. The summed E-state index contributed by atoms with van der Waals surface area (Å²) >= 11 is 8.21. The molecule has 138 valence electrons. The molecule has 0 aliphatic carbocycles. The van der Waals surface area contributed by atoms with Crippen molar-refractivity contribution in [2.45, 2.75) is 32.5 Å². The Morgan fingerprint density at radius 2 is 1.81 bits per heavy atom. The summed E-state index contributed by atoms with van der Waals surface area (Å²) in [7, 11) is 0. The van der Waals surface area contributed by atoms with Crippen LogP contribution in [0.1, 0.15) is 40.3 Å². The van der Waals surface area contributed by atoms with Gasteiger partial charge in [0.05, 0.1) is 17.8 Å². The number of nitrogens with one attached hydrogen (secondary N) is 2. The van der Waals surface area contributed by atoms with E-state index in [-0.39, 0.29) is 12.1 Å². The van der Waals surface area contributed by atoms with Gasteiger partial charge in [-0.2, -0.15) is 0 Å². The van der Waals surface area contributed by atoms with Crippen molar-refractivity contribution in [3.05, 3.63) is 86.5 Å². The quantitative estimate of drug-likeness (QED) is 0.409. The summed E-state index contributed by atoms with van der Waals surface area (Å²) in [5.41, 5.74) is 5.93. The van der Waals surface area contributed by atoms with Gasteiger partial charge in [-0.25, -0.2) is 0 Å². The van der Waals surface area contributed by atoms with Crippen LogP contribution in [0.15, 0.2) is 54.7 Å². The van der Waals surface area contributed by atoms with E-state index in [0.717, 1.165) is 17.4 Å². The fourth-order valence-electron chi connectivity index (χ4n) is 3.79. The number of H-pyrrole nitrogens is 1. The first-order valence-electron chi connectivity index (χ1n) is 8.93. The molecule has 1 aliphatic heterocycles. The Balaban J connectivity index is 1.80. The van der Waals surface area contributed by atoms with Crippen LogP contribution in [0.25, 0.3) is 0 Å². The molecule has 0 unspecified atom stereocenters. The van der Waals surface area contributed by atoms with Crippen molar-refractivity contribution in [2.24, 2.45) is 0 Å². The third-order valence-electron chi connectivity index (χ3n) is 5.03. The number of aryl methyl sites for hydroxylation is 2. The minimum atomic E-state index is 0.0184. The molecule has 6 heteroatoms. The van der Waals surface area contributed by atoms with Gasteiger partial charge < -0.3 is 15.2 Å². The molecule has 27 heavy (non-hydrogen) atoms. The second-order valence-corrected chi connectivity index (χ2v) is 8.31. The lowest BCUT2D eigenvalue weighted by Gasteiger charge is -2.28. The van der Waals surface area contributed by atoms with E-state index in [1.165, 1.54) is 26.1 Å². The fourth-order valence-corrected chi connectivity index (χ4v) is 4.95. The number of hydrogen-bond acceptors (Lipinski definition) is 2. The number of rotatable bonds is 4. The molecule has 1 aromatic carbocycles. The molecule has 3 heterocycles. The number of aromatic nitrogens is 2. The Morgan fingerprint density at radius 3 is 2.44 bits per heavy atom. The van der Waals surface area contributed by atoms with Gasteiger partial charge in [-0.15, -0.1) is 0 Å². The largest absolute Gasteiger partial charge is 0.362 e. The summed E-state index contributed by atoms with van der Waals surface area (Å²) < 4.78 is 1.26. The highest BCUT2D eigenvalue weighted by molar-refractivity contribution is 14.1. The Bertz CT molecular complexity index is 955. The number of aromatic amines is 1. The summed E-state index contributed by atoms with van der Waals surface area (Å²) in [5, 5.41) is 4.30. The lowest BCUT2D eigenvalue weighted by atomic mass is 9.96. The zero-order valence-corrected chi connectivity index (χ0v) is 18.2. The van der Waals surface area contributed by atoms with Gasteiger partial charge in [-0.05, 0) is 66.4 Å². The molecule has 1 saturated heterocycles. The average molecular weight is 488 g/mol. The number of hydrogen-bond donors (Lipinski definition) is 2. The minimum Gasteiger partial charge on any atom is -0.362 e. The Labute approximate surface area is 178 Å². The summed E-state index contributed by atoms with van der Waals surface area (Å²) in [6.07, 6.45) is 1.84. The van der Waals surface area contributed by atoms with Crippen molar-refractivity contribution >= 4 is 39.9 Å². The molecule has 0 saturated carbocycles. The lowest BCUT2D eigenvalue weighted by Crippen LogP contribution is -2.29. The van der Waals surface area contributed by atoms with Crippen molar-refractivity contribution < 1.29 is 0 Å². The maximum Gasteiger partial charge on any atom is 0.170 e. The van der Waals surface area contributed by atoms with E-state index >= 15 is 0 Å². The number of nitrogens with zero attached hydrogens (tertiary/aromatic N) is 2. The van der Waals surface area contributed by atoms with Crippen molar-refractivity contribution in [3.63, 3.8) is 0 Å². The van der Waals surface area contributed by atoms with E-state index in [1.807, 2.05) is 24.4 Å². The fraction of sp³-hybridized carbons (Fsp3) is 0.238. The molecule has 2 atom stereocenters. The summed E-state index contributed by atoms with van der Waals surface area (Å²) in [5.74, 6) is 0. The Hall–Kier alpha value is -1.93. The number of benzene rings is 1. The van der Waals surface area contributed by atoms with E-state index in [9.17, 15) is 0 Å². The Kier molecular flexibility index (Phi) is 5.19.